The summed E-state index contributed by atoms with van der Waals surface area (Å²) in [7, 11) is -3.71. The molecule has 0 amide bonds. The lowest BCUT2D eigenvalue weighted by Crippen LogP contribution is -2.26. The zero-order valence-electron chi connectivity index (χ0n) is 15.4. The molecule has 0 aromatic heterocycles. The van der Waals surface area contributed by atoms with E-state index in [1.807, 2.05) is 24.3 Å². The number of hydrogen-bond acceptors (Lipinski definition) is 4. The summed E-state index contributed by atoms with van der Waals surface area (Å²) in [5.41, 5.74) is 2.05. The van der Waals surface area contributed by atoms with Gasteiger partial charge in [-0.15, -0.1) is 12.4 Å². The number of carbonyl (C=O) groups is 1. The van der Waals surface area contributed by atoms with Crippen LogP contribution in [0.4, 0.5) is 0 Å². The van der Waals surface area contributed by atoms with Crippen molar-refractivity contribution in [2.75, 3.05) is 13.1 Å². The van der Waals surface area contributed by atoms with Gasteiger partial charge in [0.1, 0.15) is 0 Å². The lowest BCUT2D eigenvalue weighted by atomic mass is 10.1. The van der Waals surface area contributed by atoms with Crippen LogP contribution in [0, 0.1) is 0 Å². The predicted octanol–water partition coefficient (Wildman–Crippen LogP) is 3.13. The molecule has 0 aliphatic heterocycles. The highest BCUT2D eigenvalue weighted by molar-refractivity contribution is 7.89. The molecule has 0 bridgehead atoms. The number of nitrogens with one attached hydrogen (secondary N) is 1. The van der Waals surface area contributed by atoms with Crippen LogP contribution in [0.3, 0.4) is 0 Å². The Labute approximate surface area is 166 Å². The molecule has 0 saturated carbocycles. The van der Waals surface area contributed by atoms with Gasteiger partial charge in [0, 0.05) is 13.1 Å². The fraction of sp³-hybridized carbons (Fsp3) is 0.316. The smallest absolute Gasteiger partial charge is 0.335 e. The summed E-state index contributed by atoms with van der Waals surface area (Å²) in [6.45, 7) is 6.98. The number of carboxylic acids is 1. The second-order valence-corrected chi connectivity index (χ2v) is 7.65. The Bertz CT molecular complexity index is 850. The fourth-order valence-electron chi connectivity index (χ4n) is 2.61. The Morgan fingerprint density at radius 2 is 1.56 bits per heavy atom. The van der Waals surface area contributed by atoms with Gasteiger partial charge in [-0.3, -0.25) is 4.90 Å². The van der Waals surface area contributed by atoms with Gasteiger partial charge in [-0.05, 0) is 48.5 Å². The molecule has 0 aliphatic rings. The number of sulfonamides is 1. The van der Waals surface area contributed by atoms with Crippen LogP contribution in [0.1, 0.15) is 35.3 Å². The van der Waals surface area contributed by atoms with Crippen LogP contribution in [0.15, 0.2) is 53.4 Å². The minimum absolute atomic E-state index is 0. The van der Waals surface area contributed by atoms with E-state index < -0.39 is 16.0 Å². The van der Waals surface area contributed by atoms with Gasteiger partial charge in [0.25, 0.3) is 0 Å². The largest absolute Gasteiger partial charge is 0.478 e. The molecule has 0 radical (unpaired) electrons. The number of rotatable bonds is 9. The van der Waals surface area contributed by atoms with Crippen LogP contribution in [-0.2, 0) is 23.1 Å². The molecular formula is C19H25ClN2O4S. The number of benzene rings is 2. The number of hydrogen-bond donors (Lipinski definition) is 2. The minimum atomic E-state index is -3.71. The van der Waals surface area contributed by atoms with Crippen LogP contribution < -0.4 is 4.72 Å². The molecule has 27 heavy (non-hydrogen) atoms. The quantitative estimate of drug-likeness (QED) is 0.660. The second kappa shape index (κ2) is 10.4. The lowest BCUT2D eigenvalue weighted by molar-refractivity contribution is 0.0696. The van der Waals surface area contributed by atoms with Gasteiger partial charge in [-0.1, -0.05) is 38.1 Å². The number of carboxylic acid groups (broad SMARTS) is 1. The summed E-state index contributed by atoms with van der Waals surface area (Å²) in [5, 5.41) is 8.90. The molecule has 0 aliphatic carbocycles. The maximum absolute atomic E-state index is 12.5. The Kier molecular flexibility index (Phi) is 8.92. The summed E-state index contributed by atoms with van der Waals surface area (Å²) < 4.78 is 27.5. The van der Waals surface area contributed by atoms with Gasteiger partial charge in [0.15, 0.2) is 0 Å². The van der Waals surface area contributed by atoms with E-state index in [1.54, 1.807) is 0 Å². The first-order valence-corrected chi connectivity index (χ1v) is 9.97. The van der Waals surface area contributed by atoms with E-state index in [9.17, 15) is 13.2 Å². The monoisotopic (exact) mass is 412 g/mol. The summed E-state index contributed by atoms with van der Waals surface area (Å²) >= 11 is 0. The maximum atomic E-state index is 12.5. The highest BCUT2D eigenvalue weighted by Crippen LogP contribution is 2.15. The van der Waals surface area contributed by atoms with Crippen molar-refractivity contribution in [2.45, 2.75) is 31.8 Å². The van der Waals surface area contributed by atoms with Crippen molar-refractivity contribution in [3.8, 4) is 0 Å². The third kappa shape index (κ3) is 6.32. The highest BCUT2D eigenvalue weighted by atomic mass is 35.5. The molecule has 0 fully saturated rings. The van der Waals surface area contributed by atoms with Gasteiger partial charge < -0.3 is 5.11 Å². The molecule has 6 nitrogen and oxygen atoms in total. The molecule has 2 rings (SSSR count). The third-order valence-corrected chi connectivity index (χ3v) is 5.69. The SMILES string of the molecule is CCN(CC)Cc1ccccc1CNS(=O)(=O)c1ccc(C(=O)O)cc1.Cl. The van der Waals surface area contributed by atoms with E-state index in [0.717, 1.165) is 30.8 Å². The molecule has 148 valence electrons. The predicted molar refractivity (Wildman–Crippen MR) is 108 cm³/mol. The fourth-order valence-corrected chi connectivity index (χ4v) is 3.61. The lowest BCUT2D eigenvalue weighted by Gasteiger charge is -2.20. The summed E-state index contributed by atoms with van der Waals surface area (Å²) in [6, 6.07) is 12.9. The summed E-state index contributed by atoms with van der Waals surface area (Å²) in [5.74, 6) is -1.09. The molecular weight excluding hydrogens is 388 g/mol. The molecule has 2 aromatic rings. The van der Waals surface area contributed by atoms with Crippen molar-refractivity contribution in [3.05, 3.63) is 65.2 Å². The van der Waals surface area contributed by atoms with Gasteiger partial charge in [0.05, 0.1) is 10.5 Å². The van der Waals surface area contributed by atoms with Crippen molar-refractivity contribution in [1.29, 1.82) is 0 Å². The summed E-state index contributed by atoms with van der Waals surface area (Å²) in [6.07, 6.45) is 0. The molecule has 0 atom stereocenters. The molecule has 2 N–H and O–H groups in total. The van der Waals surface area contributed by atoms with Crippen molar-refractivity contribution in [2.24, 2.45) is 0 Å². The molecule has 2 aromatic carbocycles. The molecule has 0 unspecified atom stereocenters. The molecule has 0 spiro atoms. The second-order valence-electron chi connectivity index (χ2n) is 5.88. The normalized spacial score (nSPS) is 11.2. The average molecular weight is 413 g/mol. The van der Waals surface area contributed by atoms with E-state index in [-0.39, 0.29) is 29.4 Å². The third-order valence-electron chi connectivity index (χ3n) is 4.27. The Morgan fingerprint density at radius 3 is 2.07 bits per heavy atom. The number of nitrogens with zero attached hydrogens (tertiary/aromatic N) is 1. The van der Waals surface area contributed by atoms with E-state index >= 15 is 0 Å². The zero-order valence-corrected chi connectivity index (χ0v) is 17.0. The van der Waals surface area contributed by atoms with Crippen molar-refractivity contribution in [1.82, 2.24) is 9.62 Å². The molecule has 0 heterocycles. The van der Waals surface area contributed by atoms with Crippen LogP contribution in [-0.4, -0.2) is 37.5 Å². The number of aromatic carboxylic acids is 1. The minimum Gasteiger partial charge on any atom is -0.478 e. The standard InChI is InChI=1S/C19H24N2O4S.ClH/c1-3-21(4-2)14-17-8-6-5-7-16(17)13-20-26(24,25)18-11-9-15(10-12-18)19(22)23;/h5-12,20H,3-4,13-14H2,1-2H3,(H,22,23);1H. The van der Waals surface area contributed by atoms with Crippen molar-refractivity contribution < 1.29 is 18.3 Å². The van der Waals surface area contributed by atoms with Crippen LogP contribution in [0.25, 0.3) is 0 Å². The van der Waals surface area contributed by atoms with E-state index in [1.165, 1.54) is 24.3 Å². The van der Waals surface area contributed by atoms with Crippen molar-refractivity contribution in [3.63, 3.8) is 0 Å². The van der Waals surface area contributed by atoms with Crippen LogP contribution in [0.2, 0.25) is 0 Å². The first-order chi connectivity index (χ1) is 12.4. The Morgan fingerprint density at radius 1 is 1.00 bits per heavy atom. The highest BCUT2D eigenvalue weighted by Gasteiger charge is 2.16. The maximum Gasteiger partial charge on any atom is 0.335 e. The van der Waals surface area contributed by atoms with Crippen molar-refractivity contribution >= 4 is 28.4 Å². The summed E-state index contributed by atoms with van der Waals surface area (Å²) in [4.78, 5) is 13.2. The Balaban J connectivity index is 0.00000364. The van der Waals surface area contributed by atoms with E-state index in [4.69, 9.17) is 5.11 Å². The first kappa shape index (κ1) is 23.1. The molecule has 8 heteroatoms. The topological polar surface area (TPSA) is 86.7 Å². The average Bonchev–Trinajstić information content (AvgIpc) is 2.65. The van der Waals surface area contributed by atoms with Gasteiger partial charge in [-0.2, -0.15) is 0 Å². The van der Waals surface area contributed by atoms with Gasteiger partial charge >= 0.3 is 5.97 Å². The first-order valence-electron chi connectivity index (χ1n) is 8.49. The van der Waals surface area contributed by atoms with Gasteiger partial charge in [0.2, 0.25) is 10.0 Å². The van der Waals surface area contributed by atoms with E-state index in [0.29, 0.717) is 0 Å². The van der Waals surface area contributed by atoms with Crippen LogP contribution in [0.5, 0.6) is 0 Å². The van der Waals surface area contributed by atoms with E-state index in [2.05, 4.69) is 23.5 Å². The number of halogens is 1. The Hall–Kier alpha value is -1.93. The van der Waals surface area contributed by atoms with Gasteiger partial charge in [-0.25, -0.2) is 17.9 Å². The zero-order chi connectivity index (χ0) is 19.2. The van der Waals surface area contributed by atoms with Crippen LogP contribution >= 0.6 is 12.4 Å². The molecule has 0 saturated heterocycles.